The third kappa shape index (κ3) is 2.28. The highest BCUT2D eigenvalue weighted by atomic mass is 32.2. The lowest BCUT2D eigenvalue weighted by atomic mass is 10.2. The molecule has 0 aromatic carbocycles. The summed E-state index contributed by atoms with van der Waals surface area (Å²) < 4.78 is 29.8. The Morgan fingerprint density at radius 2 is 2.10 bits per heavy atom. The average molecular weight is 311 g/mol. The van der Waals surface area contributed by atoms with Gasteiger partial charge in [-0.1, -0.05) is 0 Å². The number of nitrogens with zero attached hydrogens (tertiary/aromatic N) is 3. The molecular formula is C12H13N3O5S. The van der Waals surface area contributed by atoms with Gasteiger partial charge >= 0.3 is 0 Å². The SMILES string of the molecule is Cc1cc(=O)n2c3c1ncc(=O)n3C[C@H]2COS(C)(=O)=O. The molecule has 112 valence electrons. The van der Waals surface area contributed by atoms with Gasteiger partial charge in [0.15, 0.2) is 0 Å². The summed E-state index contributed by atoms with van der Waals surface area (Å²) in [6.07, 6.45) is 2.14. The summed E-state index contributed by atoms with van der Waals surface area (Å²) in [5.41, 5.74) is 0.999. The number of hydrogen-bond acceptors (Lipinski definition) is 6. The van der Waals surface area contributed by atoms with Gasteiger partial charge in [-0.2, -0.15) is 8.42 Å². The molecule has 0 amide bonds. The van der Waals surface area contributed by atoms with E-state index in [2.05, 4.69) is 4.98 Å². The lowest BCUT2D eigenvalue weighted by Gasteiger charge is -2.12. The second kappa shape index (κ2) is 4.50. The zero-order valence-electron chi connectivity index (χ0n) is 11.4. The Labute approximate surface area is 119 Å². The molecule has 9 heteroatoms. The molecule has 3 heterocycles. The van der Waals surface area contributed by atoms with Crippen LogP contribution in [-0.2, 0) is 20.8 Å². The van der Waals surface area contributed by atoms with Gasteiger partial charge in [-0.15, -0.1) is 0 Å². The Balaban J connectivity index is 2.20. The summed E-state index contributed by atoms with van der Waals surface area (Å²) in [6.45, 7) is 1.73. The summed E-state index contributed by atoms with van der Waals surface area (Å²) in [5, 5.41) is 0. The van der Waals surface area contributed by atoms with Gasteiger partial charge in [0.05, 0.1) is 31.6 Å². The number of aromatic nitrogens is 3. The molecule has 8 nitrogen and oxygen atoms in total. The quantitative estimate of drug-likeness (QED) is 0.702. The number of pyridine rings is 1. The summed E-state index contributed by atoms with van der Waals surface area (Å²) >= 11 is 0. The van der Waals surface area contributed by atoms with E-state index in [1.54, 1.807) is 6.92 Å². The Hall–Kier alpha value is -2.00. The Morgan fingerprint density at radius 3 is 2.76 bits per heavy atom. The van der Waals surface area contributed by atoms with Crippen LogP contribution in [0.1, 0.15) is 11.6 Å². The van der Waals surface area contributed by atoms with E-state index < -0.39 is 16.2 Å². The fourth-order valence-corrected chi connectivity index (χ4v) is 2.98. The van der Waals surface area contributed by atoms with Crippen molar-refractivity contribution in [3.63, 3.8) is 0 Å². The van der Waals surface area contributed by atoms with Crippen molar-refractivity contribution in [1.29, 1.82) is 0 Å². The molecule has 0 radical (unpaired) electrons. The van der Waals surface area contributed by atoms with E-state index in [-0.39, 0.29) is 24.3 Å². The maximum atomic E-state index is 12.2. The number of hydrogen-bond donors (Lipinski definition) is 0. The minimum Gasteiger partial charge on any atom is -0.289 e. The fourth-order valence-electron chi connectivity index (χ4n) is 2.58. The summed E-state index contributed by atoms with van der Waals surface area (Å²) in [7, 11) is -3.62. The average Bonchev–Trinajstić information content (AvgIpc) is 2.75. The van der Waals surface area contributed by atoms with Crippen molar-refractivity contribution in [1.82, 2.24) is 14.1 Å². The molecule has 0 aliphatic carbocycles. The van der Waals surface area contributed by atoms with E-state index >= 15 is 0 Å². The molecule has 3 rings (SSSR count). The first kappa shape index (κ1) is 14.0. The van der Waals surface area contributed by atoms with Crippen molar-refractivity contribution in [2.75, 3.05) is 12.9 Å². The maximum absolute atomic E-state index is 12.2. The highest BCUT2D eigenvalue weighted by Crippen LogP contribution is 2.24. The van der Waals surface area contributed by atoms with Crippen molar-refractivity contribution in [2.24, 2.45) is 0 Å². The molecule has 0 N–H and O–H groups in total. The highest BCUT2D eigenvalue weighted by molar-refractivity contribution is 7.85. The van der Waals surface area contributed by atoms with Crippen molar-refractivity contribution in [3.05, 3.63) is 38.5 Å². The van der Waals surface area contributed by atoms with Crippen LogP contribution in [0.3, 0.4) is 0 Å². The van der Waals surface area contributed by atoms with Gasteiger partial charge in [-0.3, -0.25) is 22.9 Å². The van der Waals surface area contributed by atoms with Crippen LogP contribution in [-0.4, -0.2) is 35.4 Å². The van der Waals surface area contributed by atoms with Gasteiger partial charge in [0, 0.05) is 6.07 Å². The smallest absolute Gasteiger partial charge is 0.270 e. The first-order valence-electron chi connectivity index (χ1n) is 6.24. The summed E-state index contributed by atoms with van der Waals surface area (Å²) in [6, 6.07) is 0.871. The largest absolute Gasteiger partial charge is 0.289 e. The zero-order chi connectivity index (χ0) is 15.4. The van der Waals surface area contributed by atoms with Crippen molar-refractivity contribution < 1.29 is 12.6 Å². The van der Waals surface area contributed by atoms with Crippen LogP contribution in [0.25, 0.3) is 11.2 Å². The normalized spacial score (nSPS) is 17.5. The monoisotopic (exact) mass is 311 g/mol. The first-order valence-corrected chi connectivity index (χ1v) is 8.05. The van der Waals surface area contributed by atoms with E-state index in [4.69, 9.17) is 4.18 Å². The lowest BCUT2D eigenvalue weighted by Crippen LogP contribution is -2.26. The van der Waals surface area contributed by atoms with E-state index in [1.807, 2.05) is 0 Å². The van der Waals surface area contributed by atoms with E-state index in [9.17, 15) is 18.0 Å². The van der Waals surface area contributed by atoms with Crippen LogP contribution in [0.5, 0.6) is 0 Å². The van der Waals surface area contributed by atoms with Crippen LogP contribution in [0, 0.1) is 6.92 Å². The predicted molar refractivity (Wildman–Crippen MR) is 74.8 cm³/mol. The fraction of sp³-hybridized carbons (Fsp3) is 0.417. The lowest BCUT2D eigenvalue weighted by molar-refractivity contribution is 0.254. The van der Waals surface area contributed by atoms with E-state index in [1.165, 1.54) is 21.4 Å². The molecule has 0 saturated heterocycles. The highest BCUT2D eigenvalue weighted by Gasteiger charge is 2.28. The second-order valence-electron chi connectivity index (χ2n) is 5.06. The van der Waals surface area contributed by atoms with Crippen molar-refractivity contribution >= 4 is 21.3 Å². The second-order valence-corrected chi connectivity index (χ2v) is 6.70. The van der Waals surface area contributed by atoms with Gasteiger partial charge in [0.1, 0.15) is 11.2 Å². The predicted octanol–water partition coefficient (Wildman–Crippen LogP) is -0.602. The van der Waals surface area contributed by atoms with Crippen molar-refractivity contribution in [3.8, 4) is 0 Å². The van der Waals surface area contributed by atoms with Gasteiger partial charge in [0.2, 0.25) is 0 Å². The van der Waals surface area contributed by atoms with Gasteiger partial charge in [-0.25, -0.2) is 4.98 Å². The molecule has 1 aliphatic heterocycles. The standard InChI is InChI=1S/C12H13N3O5S/c1-7-3-9(16)15-8(6-20-21(2,18)19)5-14-10(17)4-13-11(7)12(14)15/h3-4,8H,5-6H2,1-2H3/t8-/m0/s1. The minimum absolute atomic E-state index is 0.187. The molecular weight excluding hydrogens is 298 g/mol. The molecule has 1 atom stereocenters. The number of rotatable bonds is 3. The summed E-state index contributed by atoms with van der Waals surface area (Å²) in [4.78, 5) is 28.1. The van der Waals surface area contributed by atoms with E-state index in [0.717, 1.165) is 6.26 Å². The molecule has 0 unspecified atom stereocenters. The summed E-state index contributed by atoms with van der Waals surface area (Å²) in [5.74, 6) is 0. The maximum Gasteiger partial charge on any atom is 0.270 e. The minimum atomic E-state index is -3.62. The molecule has 0 bridgehead atoms. The van der Waals surface area contributed by atoms with Crippen LogP contribution in [0.2, 0.25) is 0 Å². The zero-order valence-corrected chi connectivity index (χ0v) is 12.3. The third-order valence-corrected chi connectivity index (χ3v) is 4.01. The Kier molecular flexibility index (Phi) is 2.99. The van der Waals surface area contributed by atoms with Crippen molar-refractivity contribution in [2.45, 2.75) is 19.5 Å². The van der Waals surface area contributed by atoms with Gasteiger partial charge < -0.3 is 0 Å². The first-order chi connectivity index (χ1) is 9.78. The van der Waals surface area contributed by atoms with Crippen LogP contribution >= 0.6 is 0 Å². The van der Waals surface area contributed by atoms with E-state index in [0.29, 0.717) is 16.7 Å². The van der Waals surface area contributed by atoms with Crippen LogP contribution in [0.4, 0.5) is 0 Å². The van der Waals surface area contributed by atoms with Gasteiger partial charge in [0.25, 0.3) is 21.2 Å². The molecule has 21 heavy (non-hydrogen) atoms. The Bertz CT molecular complexity index is 957. The van der Waals surface area contributed by atoms with Crippen LogP contribution in [0.15, 0.2) is 21.9 Å². The third-order valence-electron chi connectivity index (χ3n) is 3.45. The Morgan fingerprint density at radius 1 is 1.38 bits per heavy atom. The molecule has 1 aliphatic rings. The molecule has 2 aromatic heterocycles. The molecule has 2 aromatic rings. The molecule has 0 spiro atoms. The number of aryl methyl sites for hydroxylation is 1. The van der Waals surface area contributed by atoms with Crippen LogP contribution < -0.4 is 11.1 Å². The molecule has 0 fully saturated rings. The molecule has 0 saturated carbocycles. The van der Waals surface area contributed by atoms with Gasteiger partial charge in [-0.05, 0) is 12.5 Å². The topological polar surface area (TPSA) is 100 Å².